The van der Waals surface area contributed by atoms with Crippen LogP contribution in [-0.2, 0) is 32.6 Å². The number of carbonyl (C=O) groups excluding carboxylic acids is 2. The fourth-order valence-corrected chi connectivity index (χ4v) is 6.34. The number of rotatable bonds is 14. The molecule has 0 fully saturated rings. The molecule has 0 saturated heterocycles. The molecule has 0 bridgehead atoms. The zero-order valence-corrected chi connectivity index (χ0v) is 26.8. The van der Waals surface area contributed by atoms with E-state index in [0.717, 1.165) is 21.0 Å². The minimum Gasteiger partial charge on any atom is -0.497 e. The van der Waals surface area contributed by atoms with Crippen LogP contribution in [0, 0.1) is 6.92 Å². The maximum atomic E-state index is 14.5. The Kier molecular flexibility index (Phi) is 11.2. The first-order chi connectivity index (χ1) is 21.7. The highest BCUT2D eigenvalue weighted by molar-refractivity contribution is 7.92. The van der Waals surface area contributed by atoms with Crippen LogP contribution in [0.3, 0.4) is 0 Å². The Morgan fingerprint density at radius 3 is 2.07 bits per heavy atom. The molecule has 0 radical (unpaired) electrons. The summed E-state index contributed by atoms with van der Waals surface area (Å²) in [7, 11) is -1.12. The van der Waals surface area contributed by atoms with Crippen LogP contribution in [0.2, 0.25) is 0 Å². The molecule has 0 spiro atoms. The smallest absolute Gasteiger partial charge is 0.264 e. The largest absolute Gasteiger partial charge is 0.497 e. The van der Waals surface area contributed by atoms with Crippen LogP contribution < -0.4 is 19.1 Å². The highest BCUT2D eigenvalue weighted by Crippen LogP contribution is 2.27. The summed E-state index contributed by atoms with van der Waals surface area (Å²) in [6.07, 6.45) is 0.232. The van der Waals surface area contributed by atoms with Crippen LogP contribution >= 0.6 is 0 Å². The van der Waals surface area contributed by atoms with Crippen LogP contribution in [0.4, 0.5) is 5.69 Å². The number of hydrogen-bond acceptors (Lipinski definition) is 6. The van der Waals surface area contributed by atoms with E-state index in [1.165, 1.54) is 24.1 Å². The van der Waals surface area contributed by atoms with Gasteiger partial charge >= 0.3 is 0 Å². The van der Waals surface area contributed by atoms with E-state index in [-0.39, 0.29) is 29.5 Å². The van der Waals surface area contributed by atoms with E-state index in [4.69, 9.17) is 9.47 Å². The normalized spacial score (nSPS) is 11.7. The Hall–Kier alpha value is -4.83. The van der Waals surface area contributed by atoms with Gasteiger partial charge in [0.2, 0.25) is 11.8 Å². The number of anilines is 1. The number of hydrogen-bond donors (Lipinski definition) is 1. The van der Waals surface area contributed by atoms with Gasteiger partial charge < -0.3 is 19.7 Å². The minimum atomic E-state index is -4.19. The average Bonchev–Trinajstić information content (AvgIpc) is 3.06. The summed E-state index contributed by atoms with van der Waals surface area (Å²) >= 11 is 0. The van der Waals surface area contributed by atoms with Gasteiger partial charge in [-0.05, 0) is 73.5 Å². The molecule has 0 heterocycles. The summed E-state index contributed by atoms with van der Waals surface area (Å²) in [5, 5.41) is 2.87. The van der Waals surface area contributed by atoms with Gasteiger partial charge in [-0.1, -0.05) is 60.2 Å². The highest BCUT2D eigenvalue weighted by atomic mass is 32.2. The van der Waals surface area contributed by atoms with Gasteiger partial charge in [0.25, 0.3) is 10.0 Å². The van der Waals surface area contributed by atoms with Gasteiger partial charge in [-0.25, -0.2) is 8.42 Å². The number of nitrogens with one attached hydrogen (secondary N) is 1. The first kappa shape index (κ1) is 33.1. The molecule has 0 aliphatic rings. The van der Waals surface area contributed by atoms with Crippen molar-refractivity contribution in [2.24, 2.45) is 0 Å². The summed E-state index contributed by atoms with van der Waals surface area (Å²) in [6.45, 7) is 3.55. The van der Waals surface area contributed by atoms with Crippen LogP contribution in [0.25, 0.3) is 0 Å². The van der Waals surface area contributed by atoms with Gasteiger partial charge in [-0.15, -0.1) is 0 Å². The summed E-state index contributed by atoms with van der Waals surface area (Å²) < 4.78 is 40.0. The lowest BCUT2D eigenvalue weighted by Gasteiger charge is -2.34. The molecule has 4 aromatic carbocycles. The molecule has 4 aromatic rings. The Bertz CT molecular complexity index is 1680. The second-order valence-electron chi connectivity index (χ2n) is 10.5. The Labute approximate surface area is 265 Å². The van der Waals surface area contributed by atoms with Gasteiger partial charge in [0.1, 0.15) is 24.1 Å². The number of sulfonamides is 1. The number of benzene rings is 4. The zero-order chi connectivity index (χ0) is 32.4. The highest BCUT2D eigenvalue weighted by Gasteiger charge is 2.34. The molecular weight excluding hydrogens is 590 g/mol. The van der Waals surface area contributed by atoms with Gasteiger partial charge in [0, 0.05) is 19.5 Å². The molecule has 1 N–H and O–H groups in total. The molecule has 45 heavy (non-hydrogen) atoms. The van der Waals surface area contributed by atoms with Crippen molar-refractivity contribution in [2.75, 3.05) is 31.6 Å². The number of ether oxygens (including phenoxy) is 2. The number of likely N-dealkylation sites (N-methyl/N-ethyl adjacent to an activating group) is 1. The molecule has 0 aromatic heterocycles. The second kappa shape index (κ2) is 15.3. The number of amides is 2. The number of carbonyl (C=O) groups is 2. The molecule has 0 unspecified atom stereocenters. The standard InChI is InChI=1S/C35H39N3O6S/c1-5-36-35(40)33(23-27-10-7-6-8-11-27)37(24-28-12-9-13-31(22-28)44-4)34(39)25-38(29-16-18-30(43-3)19-17-29)45(41,42)32-20-14-26(2)15-21-32/h6-22,33H,5,23-25H2,1-4H3,(H,36,40)/t33-/m1/s1. The molecule has 0 aliphatic heterocycles. The SMILES string of the molecule is CCNC(=O)[C@@H](Cc1ccccc1)N(Cc1cccc(OC)c1)C(=O)CN(c1ccc(OC)cc1)S(=O)(=O)c1ccc(C)cc1. The summed E-state index contributed by atoms with van der Waals surface area (Å²) in [5.41, 5.74) is 2.76. The maximum absolute atomic E-state index is 14.5. The Morgan fingerprint density at radius 1 is 0.800 bits per heavy atom. The number of methoxy groups -OCH3 is 2. The minimum absolute atomic E-state index is 0.0422. The van der Waals surface area contributed by atoms with E-state index in [2.05, 4.69) is 5.32 Å². The van der Waals surface area contributed by atoms with Crippen LogP contribution in [0.5, 0.6) is 11.5 Å². The summed E-state index contributed by atoms with van der Waals surface area (Å²) in [5.74, 6) is 0.252. The fraction of sp³-hybridized carbons (Fsp3) is 0.257. The average molecular weight is 630 g/mol. The van der Waals surface area contributed by atoms with Gasteiger partial charge in [-0.2, -0.15) is 0 Å². The van der Waals surface area contributed by atoms with Crippen molar-refractivity contribution < 1.29 is 27.5 Å². The van der Waals surface area contributed by atoms with E-state index in [0.29, 0.717) is 18.0 Å². The third kappa shape index (κ3) is 8.42. The van der Waals surface area contributed by atoms with Crippen LogP contribution in [-0.4, -0.2) is 58.5 Å². The predicted molar refractivity (Wildman–Crippen MR) is 175 cm³/mol. The molecular formula is C35H39N3O6S. The van der Waals surface area contributed by atoms with E-state index < -0.39 is 28.5 Å². The zero-order valence-electron chi connectivity index (χ0n) is 26.0. The first-order valence-corrected chi connectivity index (χ1v) is 16.1. The van der Waals surface area contributed by atoms with Crippen molar-refractivity contribution in [3.8, 4) is 11.5 Å². The van der Waals surface area contributed by atoms with E-state index in [9.17, 15) is 18.0 Å². The first-order valence-electron chi connectivity index (χ1n) is 14.6. The molecule has 9 nitrogen and oxygen atoms in total. The number of nitrogens with zero attached hydrogens (tertiary/aromatic N) is 2. The van der Waals surface area contributed by atoms with Crippen LogP contribution in [0.1, 0.15) is 23.6 Å². The van der Waals surface area contributed by atoms with Crippen molar-refractivity contribution in [3.05, 3.63) is 120 Å². The fourth-order valence-electron chi connectivity index (χ4n) is 4.93. The summed E-state index contributed by atoms with van der Waals surface area (Å²) in [4.78, 5) is 29.6. The van der Waals surface area contributed by atoms with Gasteiger partial charge in [0.15, 0.2) is 0 Å². The summed E-state index contributed by atoms with van der Waals surface area (Å²) in [6, 6.07) is 28.6. The van der Waals surface area contributed by atoms with Crippen molar-refractivity contribution >= 4 is 27.5 Å². The lowest BCUT2D eigenvalue weighted by atomic mass is 10.0. The Morgan fingerprint density at radius 2 is 1.44 bits per heavy atom. The van der Waals surface area contributed by atoms with Crippen molar-refractivity contribution in [3.63, 3.8) is 0 Å². The molecule has 1 atom stereocenters. The molecule has 4 rings (SSSR count). The van der Waals surface area contributed by atoms with Crippen LogP contribution in [0.15, 0.2) is 108 Å². The Balaban J connectivity index is 1.80. The molecule has 0 saturated carbocycles. The third-order valence-corrected chi connectivity index (χ3v) is 9.15. The lowest BCUT2D eigenvalue weighted by Crippen LogP contribution is -2.53. The van der Waals surface area contributed by atoms with Crippen molar-refractivity contribution in [1.82, 2.24) is 10.2 Å². The van der Waals surface area contributed by atoms with E-state index >= 15 is 0 Å². The van der Waals surface area contributed by atoms with E-state index in [1.54, 1.807) is 61.7 Å². The molecule has 10 heteroatoms. The lowest BCUT2D eigenvalue weighted by molar-refractivity contribution is -0.140. The van der Waals surface area contributed by atoms with Gasteiger partial charge in [-0.3, -0.25) is 13.9 Å². The van der Waals surface area contributed by atoms with E-state index in [1.807, 2.05) is 50.2 Å². The van der Waals surface area contributed by atoms with Crippen molar-refractivity contribution in [1.29, 1.82) is 0 Å². The molecule has 0 aliphatic carbocycles. The third-order valence-electron chi connectivity index (χ3n) is 7.36. The van der Waals surface area contributed by atoms with Gasteiger partial charge in [0.05, 0.1) is 24.8 Å². The maximum Gasteiger partial charge on any atom is 0.264 e. The predicted octanol–water partition coefficient (Wildman–Crippen LogP) is 4.98. The number of aryl methyl sites for hydroxylation is 1. The molecule has 236 valence electrons. The van der Waals surface area contributed by atoms with Crippen molar-refractivity contribution in [2.45, 2.75) is 37.8 Å². The molecule has 2 amide bonds. The quantitative estimate of drug-likeness (QED) is 0.211. The topological polar surface area (TPSA) is 105 Å². The monoisotopic (exact) mass is 629 g/mol. The second-order valence-corrected chi connectivity index (χ2v) is 12.4.